The monoisotopic (exact) mass is 420 g/mol. The third kappa shape index (κ3) is 6.38. The van der Waals surface area contributed by atoms with E-state index in [1.165, 1.54) is 4.31 Å². The average molecular weight is 421 g/mol. The van der Waals surface area contributed by atoms with E-state index in [0.29, 0.717) is 45.7 Å². The van der Waals surface area contributed by atoms with Crippen molar-refractivity contribution >= 4 is 15.9 Å². The molecule has 1 aromatic heterocycles. The third-order valence-corrected chi connectivity index (χ3v) is 6.81. The van der Waals surface area contributed by atoms with Crippen molar-refractivity contribution in [3.63, 3.8) is 0 Å². The van der Waals surface area contributed by atoms with Crippen molar-refractivity contribution in [1.29, 1.82) is 0 Å². The molecule has 3 rings (SSSR count). The van der Waals surface area contributed by atoms with E-state index < -0.39 is 10.0 Å². The van der Waals surface area contributed by atoms with Gasteiger partial charge in [-0.05, 0) is 37.0 Å². The van der Waals surface area contributed by atoms with Crippen LogP contribution in [0.3, 0.4) is 0 Å². The van der Waals surface area contributed by atoms with E-state index in [2.05, 4.69) is 10.3 Å². The van der Waals surface area contributed by atoms with Crippen molar-refractivity contribution in [3.05, 3.63) is 48.5 Å². The van der Waals surface area contributed by atoms with Crippen LogP contribution in [0.5, 0.6) is 0 Å². The van der Waals surface area contributed by atoms with Crippen LogP contribution in [0.25, 0.3) is 0 Å². The summed E-state index contributed by atoms with van der Waals surface area (Å²) >= 11 is 0. The summed E-state index contributed by atoms with van der Waals surface area (Å²) in [5.74, 6) is 0.0117. The van der Waals surface area contributed by atoms with Crippen LogP contribution in [-0.4, -0.2) is 61.0 Å². The van der Waals surface area contributed by atoms with E-state index in [0.717, 1.165) is 24.9 Å². The summed E-state index contributed by atoms with van der Waals surface area (Å²) < 4.78 is 33.9. The molecule has 29 heavy (non-hydrogen) atoms. The zero-order valence-electron chi connectivity index (χ0n) is 16.5. The Balaban J connectivity index is 1.37. The first kappa shape index (κ1) is 21.5. The molecule has 1 N–H and O–H groups in total. The zero-order valence-corrected chi connectivity index (χ0v) is 17.3. The molecule has 0 atom stereocenters. The Hall–Kier alpha value is -2.23. The highest BCUT2D eigenvalue weighted by Gasteiger charge is 2.26. The van der Waals surface area contributed by atoms with Gasteiger partial charge in [0.2, 0.25) is 15.9 Å². The first-order chi connectivity index (χ1) is 14.1. The van der Waals surface area contributed by atoms with E-state index in [1.807, 2.05) is 10.8 Å². The van der Waals surface area contributed by atoms with Gasteiger partial charge in [0.1, 0.15) is 0 Å². The maximum atomic E-state index is 12.6. The number of ether oxygens (including phenoxy) is 1. The summed E-state index contributed by atoms with van der Waals surface area (Å²) in [5.41, 5.74) is 0.946. The number of carbonyl (C=O) groups excluding carboxylic acids is 1. The SMILES string of the molecule is O=C(CCc1ccc(S(=O)(=O)N2CCOCC2)cc1)NCCCCn1ccnc1. The molecule has 1 fully saturated rings. The Kier molecular flexibility index (Phi) is 7.79. The van der Waals surface area contributed by atoms with E-state index in [4.69, 9.17) is 4.74 Å². The molecule has 0 saturated carbocycles. The summed E-state index contributed by atoms with van der Waals surface area (Å²) in [6, 6.07) is 6.81. The predicted molar refractivity (Wildman–Crippen MR) is 109 cm³/mol. The average Bonchev–Trinajstić information content (AvgIpc) is 3.26. The molecule has 158 valence electrons. The summed E-state index contributed by atoms with van der Waals surface area (Å²) in [6.45, 7) is 3.17. The first-order valence-electron chi connectivity index (χ1n) is 9.95. The number of rotatable bonds is 10. The minimum atomic E-state index is -3.48. The number of unbranched alkanes of at least 4 members (excludes halogenated alkanes) is 1. The second kappa shape index (κ2) is 10.5. The summed E-state index contributed by atoms with van der Waals surface area (Å²) in [7, 11) is -3.48. The lowest BCUT2D eigenvalue weighted by molar-refractivity contribution is -0.121. The number of aryl methyl sites for hydroxylation is 2. The fourth-order valence-electron chi connectivity index (χ4n) is 3.18. The predicted octanol–water partition coefficient (Wildman–Crippen LogP) is 1.43. The van der Waals surface area contributed by atoms with Crippen molar-refractivity contribution in [3.8, 4) is 0 Å². The van der Waals surface area contributed by atoms with Crippen LogP contribution in [0.4, 0.5) is 0 Å². The minimum Gasteiger partial charge on any atom is -0.379 e. The maximum Gasteiger partial charge on any atom is 0.243 e. The van der Waals surface area contributed by atoms with E-state index in [1.54, 1.807) is 36.8 Å². The van der Waals surface area contributed by atoms with Gasteiger partial charge in [0.15, 0.2) is 0 Å². The quantitative estimate of drug-likeness (QED) is 0.587. The van der Waals surface area contributed by atoms with Gasteiger partial charge in [-0.1, -0.05) is 12.1 Å². The Labute approximate surface area is 171 Å². The number of hydrogen-bond donors (Lipinski definition) is 1. The summed E-state index contributed by atoms with van der Waals surface area (Å²) in [5, 5.41) is 2.93. The Morgan fingerprint density at radius 2 is 1.90 bits per heavy atom. The third-order valence-electron chi connectivity index (χ3n) is 4.90. The second-order valence-corrected chi connectivity index (χ2v) is 8.96. The number of morpholine rings is 1. The lowest BCUT2D eigenvalue weighted by Gasteiger charge is -2.26. The highest BCUT2D eigenvalue weighted by Crippen LogP contribution is 2.18. The van der Waals surface area contributed by atoms with Gasteiger partial charge in [-0.2, -0.15) is 4.31 Å². The van der Waals surface area contributed by atoms with E-state index in [9.17, 15) is 13.2 Å². The van der Waals surface area contributed by atoms with Crippen LogP contribution in [0.2, 0.25) is 0 Å². The molecule has 1 aromatic carbocycles. The van der Waals surface area contributed by atoms with Gasteiger partial charge in [-0.25, -0.2) is 13.4 Å². The molecule has 0 spiro atoms. The van der Waals surface area contributed by atoms with Crippen LogP contribution in [0.1, 0.15) is 24.8 Å². The molecule has 9 heteroatoms. The Bertz CT molecular complexity index is 860. The smallest absolute Gasteiger partial charge is 0.243 e. The standard InChI is InChI=1S/C20H28N4O4S/c25-20(22-9-1-2-11-23-12-10-21-17-23)8-5-18-3-6-19(7-4-18)29(26,27)24-13-15-28-16-14-24/h3-4,6-7,10,12,17H,1-2,5,8-9,11,13-16H2,(H,22,25). The van der Waals surface area contributed by atoms with Gasteiger partial charge in [-0.15, -0.1) is 0 Å². The van der Waals surface area contributed by atoms with Crippen molar-refractivity contribution in [2.24, 2.45) is 0 Å². The van der Waals surface area contributed by atoms with Crippen LogP contribution in [0.15, 0.2) is 47.9 Å². The Morgan fingerprint density at radius 3 is 2.59 bits per heavy atom. The number of sulfonamides is 1. The zero-order chi connectivity index (χ0) is 20.5. The van der Waals surface area contributed by atoms with E-state index in [-0.39, 0.29) is 10.8 Å². The minimum absolute atomic E-state index is 0.0117. The lowest BCUT2D eigenvalue weighted by atomic mass is 10.1. The first-order valence-corrected chi connectivity index (χ1v) is 11.4. The van der Waals surface area contributed by atoms with Gasteiger partial charge in [-0.3, -0.25) is 4.79 Å². The molecule has 1 saturated heterocycles. The second-order valence-electron chi connectivity index (χ2n) is 7.02. The van der Waals surface area contributed by atoms with Gasteiger partial charge >= 0.3 is 0 Å². The summed E-state index contributed by atoms with van der Waals surface area (Å²) in [6.07, 6.45) is 8.34. The number of hydrogen-bond acceptors (Lipinski definition) is 5. The number of benzene rings is 1. The fourth-order valence-corrected chi connectivity index (χ4v) is 4.58. The molecule has 8 nitrogen and oxygen atoms in total. The molecule has 0 unspecified atom stereocenters. The number of carbonyl (C=O) groups is 1. The molecule has 1 amide bonds. The van der Waals surface area contributed by atoms with Crippen molar-refractivity contribution < 1.29 is 17.9 Å². The van der Waals surface area contributed by atoms with Gasteiger partial charge in [0.05, 0.1) is 24.4 Å². The number of amides is 1. The number of nitrogens with one attached hydrogen (secondary N) is 1. The molecule has 1 aliphatic rings. The Morgan fingerprint density at radius 1 is 1.14 bits per heavy atom. The van der Waals surface area contributed by atoms with Crippen molar-refractivity contribution in [2.45, 2.75) is 37.1 Å². The van der Waals surface area contributed by atoms with Crippen molar-refractivity contribution in [2.75, 3.05) is 32.8 Å². The lowest BCUT2D eigenvalue weighted by Crippen LogP contribution is -2.40. The number of imidazole rings is 1. The van der Waals surface area contributed by atoms with Crippen LogP contribution >= 0.6 is 0 Å². The number of nitrogens with zero attached hydrogens (tertiary/aromatic N) is 3. The molecule has 2 heterocycles. The maximum absolute atomic E-state index is 12.6. The normalized spacial score (nSPS) is 15.3. The molecule has 2 aromatic rings. The van der Waals surface area contributed by atoms with Crippen LogP contribution < -0.4 is 5.32 Å². The fraction of sp³-hybridized carbons (Fsp3) is 0.500. The molecule has 1 aliphatic heterocycles. The molecular formula is C20H28N4O4S. The van der Waals surface area contributed by atoms with Gasteiger partial charge in [0, 0.05) is 45.0 Å². The highest BCUT2D eigenvalue weighted by atomic mass is 32.2. The summed E-state index contributed by atoms with van der Waals surface area (Å²) in [4.78, 5) is 16.3. The number of aromatic nitrogens is 2. The molecule has 0 bridgehead atoms. The van der Waals surface area contributed by atoms with Gasteiger partial charge in [0.25, 0.3) is 0 Å². The van der Waals surface area contributed by atoms with E-state index >= 15 is 0 Å². The van der Waals surface area contributed by atoms with Crippen LogP contribution in [0, 0.1) is 0 Å². The van der Waals surface area contributed by atoms with Crippen LogP contribution in [-0.2, 0) is 32.5 Å². The topological polar surface area (TPSA) is 93.5 Å². The molecule has 0 aliphatic carbocycles. The molecular weight excluding hydrogens is 392 g/mol. The largest absolute Gasteiger partial charge is 0.379 e. The van der Waals surface area contributed by atoms with Crippen molar-refractivity contribution in [1.82, 2.24) is 19.2 Å². The highest BCUT2D eigenvalue weighted by molar-refractivity contribution is 7.89. The van der Waals surface area contributed by atoms with Gasteiger partial charge < -0.3 is 14.6 Å². The molecule has 0 radical (unpaired) electrons.